The zero-order chi connectivity index (χ0) is 17.0. The largest absolute Gasteiger partial charge is 0.277 e. The molecule has 122 valence electrons. The summed E-state index contributed by atoms with van der Waals surface area (Å²) in [5.74, 6) is -0.343. The van der Waals surface area contributed by atoms with Gasteiger partial charge in [0.05, 0.1) is 23.0 Å². The molecule has 0 aliphatic heterocycles. The Bertz CT molecular complexity index is 951. The van der Waals surface area contributed by atoms with Gasteiger partial charge in [-0.2, -0.15) is 18.6 Å². The molecule has 0 radical (unpaired) electrons. The van der Waals surface area contributed by atoms with Gasteiger partial charge in [0.15, 0.2) is 0 Å². The molecule has 1 heterocycles. The van der Waals surface area contributed by atoms with E-state index in [1.165, 1.54) is 36.7 Å². The van der Waals surface area contributed by atoms with Crippen LogP contribution in [0.4, 0.5) is 4.39 Å². The van der Waals surface area contributed by atoms with Gasteiger partial charge >= 0.3 is 0 Å². The van der Waals surface area contributed by atoms with Crippen molar-refractivity contribution in [3.63, 3.8) is 0 Å². The van der Waals surface area contributed by atoms with Crippen LogP contribution in [-0.4, -0.2) is 24.8 Å². The second-order valence-electron chi connectivity index (χ2n) is 4.87. The fourth-order valence-electron chi connectivity index (χ4n) is 2.06. The third-order valence-corrected chi connectivity index (χ3v) is 4.47. The number of nitrogens with zero attached hydrogens (tertiary/aromatic N) is 2. The van der Waals surface area contributed by atoms with Gasteiger partial charge in [-0.25, -0.2) is 9.22 Å². The topological polar surface area (TPSA) is 87.2 Å². The van der Waals surface area contributed by atoms with E-state index in [0.29, 0.717) is 16.8 Å². The SMILES string of the molecule is O=S(=O)(NN=Cc1cn[nH]c1-c1ccc(F)cc1)c1ccccc1. The Morgan fingerprint density at radius 3 is 2.50 bits per heavy atom. The third-order valence-electron chi connectivity index (χ3n) is 3.23. The van der Waals surface area contributed by atoms with Gasteiger partial charge < -0.3 is 0 Å². The molecular weight excluding hydrogens is 331 g/mol. The van der Waals surface area contributed by atoms with Crippen molar-refractivity contribution in [2.75, 3.05) is 0 Å². The van der Waals surface area contributed by atoms with Crippen molar-refractivity contribution in [2.45, 2.75) is 4.90 Å². The van der Waals surface area contributed by atoms with E-state index in [2.05, 4.69) is 20.1 Å². The number of benzene rings is 2. The smallest absolute Gasteiger partial charge is 0.276 e. The van der Waals surface area contributed by atoms with Gasteiger partial charge in [-0.15, -0.1) is 0 Å². The van der Waals surface area contributed by atoms with Gasteiger partial charge in [-0.1, -0.05) is 18.2 Å². The lowest BCUT2D eigenvalue weighted by Crippen LogP contribution is -2.18. The van der Waals surface area contributed by atoms with E-state index in [9.17, 15) is 12.8 Å². The normalized spacial score (nSPS) is 11.7. The van der Waals surface area contributed by atoms with Crippen LogP contribution in [0.15, 0.2) is 70.8 Å². The van der Waals surface area contributed by atoms with E-state index in [-0.39, 0.29) is 10.7 Å². The maximum absolute atomic E-state index is 13.0. The molecule has 0 amide bonds. The standard InChI is InChI=1S/C16H13FN4O2S/c17-14-8-6-12(7-9-14)16-13(10-18-20-16)11-19-21-24(22,23)15-4-2-1-3-5-15/h1-11,21H,(H,18,20). The molecule has 0 unspecified atom stereocenters. The van der Waals surface area contributed by atoms with Crippen LogP contribution < -0.4 is 4.83 Å². The van der Waals surface area contributed by atoms with Crippen molar-refractivity contribution in [3.05, 3.63) is 72.2 Å². The van der Waals surface area contributed by atoms with Crippen LogP contribution in [0.5, 0.6) is 0 Å². The number of rotatable bonds is 5. The van der Waals surface area contributed by atoms with Crippen molar-refractivity contribution < 1.29 is 12.8 Å². The third kappa shape index (κ3) is 3.49. The quantitative estimate of drug-likeness (QED) is 0.551. The summed E-state index contributed by atoms with van der Waals surface area (Å²) in [7, 11) is -3.72. The Hall–Kier alpha value is -3.00. The zero-order valence-electron chi connectivity index (χ0n) is 12.3. The van der Waals surface area contributed by atoms with E-state index in [1.807, 2.05) is 0 Å². The van der Waals surface area contributed by atoms with Gasteiger partial charge in [-0.3, -0.25) is 5.10 Å². The fraction of sp³-hybridized carbons (Fsp3) is 0. The van der Waals surface area contributed by atoms with Crippen molar-refractivity contribution in [1.82, 2.24) is 15.0 Å². The lowest BCUT2D eigenvalue weighted by Gasteiger charge is -2.03. The second-order valence-corrected chi connectivity index (χ2v) is 6.53. The molecule has 8 heteroatoms. The molecule has 0 saturated carbocycles. The Morgan fingerprint density at radius 2 is 1.79 bits per heavy atom. The molecule has 6 nitrogen and oxygen atoms in total. The first-order valence-corrected chi connectivity index (χ1v) is 8.44. The van der Waals surface area contributed by atoms with Gasteiger partial charge in [0.25, 0.3) is 10.0 Å². The first kappa shape index (κ1) is 15.9. The summed E-state index contributed by atoms with van der Waals surface area (Å²) in [5, 5.41) is 10.5. The molecule has 0 aliphatic carbocycles. The molecule has 0 bridgehead atoms. The highest BCUT2D eigenvalue weighted by atomic mass is 32.2. The van der Waals surface area contributed by atoms with Crippen molar-refractivity contribution in [2.24, 2.45) is 5.10 Å². The molecule has 0 aliphatic rings. The molecule has 3 aromatic rings. The van der Waals surface area contributed by atoms with E-state index in [0.717, 1.165) is 0 Å². The summed E-state index contributed by atoms with van der Waals surface area (Å²) >= 11 is 0. The summed E-state index contributed by atoms with van der Waals surface area (Å²) < 4.78 is 37.1. The first-order chi connectivity index (χ1) is 11.6. The van der Waals surface area contributed by atoms with E-state index in [1.54, 1.807) is 30.3 Å². The lowest BCUT2D eigenvalue weighted by molar-refractivity contribution is 0.584. The highest BCUT2D eigenvalue weighted by molar-refractivity contribution is 7.89. The number of nitrogens with one attached hydrogen (secondary N) is 2. The molecule has 0 spiro atoms. The molecular formula is C16H13FN4O2S. The molecule has 24 heavy (non-hydrogen) atoms. The maximum Gasteiger partial charge on any atom is 0.276 e. The van der Waals surface area contributed by atoms with Crippen LogP contribution in [0.25, 0.3) is 11.3 Å². The number of sulfonamides is 1. The molecule has 2 aromatic carbocycles. The fourth-order valence-corrected chi connectivity index (χ4v) is 2.87. The highest BCUT2D eigenvalue weighted by Gasteiger charge is 2.11. The zero-order valence-corrected chi connectivity index (χ0v) is 13.2. The number of aromatic amines is 1. The van der Waals surface area contributed by atoms with Crippen LogP contribution in [-0.2, 0) is 10.0 Å². The van der Waals surface area contributed by atoms with Crippen LogP contribution in [0.3, 0.4) is 0 Å². The second kappa shape index (κ2) is 6.63. The lowest BCUT2D eigenvalue weighted by atomic mass is 10.1. The van der Waals surface area contributed by atoms with Gasteiger partial charge in [0.1, 0.15) is 5.82 Å². The predicted octanol–water partition coefficient (Wildman–Crippen LogP) is 2.53. The summed E-state index contributed by atoms with van der Waals surface area (Å²) in [6.45, 7) is 0. The van der Waals surface area contributed by atoms with Gasteiger partial charge in [-0.05, 0) is 36.4 Å². The Labute approximate surface area is 138 Å². The highest BCUT2D eigenvalue weighted by Crippen LogP contribution is 2.20. The van der Waals surface area contributed by atoms with E-state index < -0.39 is 10.0 Å². The van der Waals surface area contributed by atoms with Crippen LogP contribution in [0, 0.1) is 5.82 Å². The predicted molar refractivity (Wildman–Crippen MR) is 88.3 cm³/mol. The number of halogens is 1. The minimum Gasteiger partial charge on any atom is -0.277 e. The average molecular weight is 344 g/mol. The number of hydrogen-bond donors (Lipinski definition) is 2. The molecule has 1 aromatic heterocycles. The number of aromatic nitrogens is 2. The maximum atomic E-state index is 13.0. The molecule has 0 saturated heterocycles. The Morgan fingerprint density at radius 1 is 1.08 bits per heavy atom. The summed E-state index contributed by atoms with van der Waals surface area (Å²) in [4.78, 5) is 2.26. The van der Waals surface area contributed by atoms with Gasteiger partial charge in [0.2, 0.25) is 0 Å². The number of hydrogen-bond acceptors (Lipinski definition) is 4. The Kier molecular flexibility index (Phi) is 4.39. The minimum atomic E-state index is -3.72. The average Bonchev–Trinajstić information content (AvgIpc) is 3.05. The van der Waals surface area contributed by atoms with Crippen LogP contribution in [0.2, 0.25) is 0 Å². The monoisotopic (exact) mass is 344 g/mol. The number of H-pyrrole nitrogens is 1. The number of hydrazone groups is 1. The van der Waals surface area contributed by atoms with Crippen molar-refractivity contribution in [1.29, 1.82) is 0 Å². The molecule has 2 N–H and O–H groups in total. The summed E-state index contributed by atoms with van der Waals surface area (Å²) in [6.07, 6.45) is 2.84. The summed E-state index contributed by atoms with van der Waals surface area (Å²) in [6, 6.07) is 13.8. The summed E-state index contributed by atoms with van der Waals surface area (Å²) in [5.41, 5.74) is 1.89. The van der Waals surface area contributed by atoms with Crippen LogP contribution in [0.1, 0.15) is 5.56 Å². The van der Waals surface area contributed by atoms with Crippen molar-refractivity contribution in [3.8, 4) is 11.3 Å². The van der Waals surface area contributed by atoms with E-state index in [4.69, 9.17) is 0 Å². The Balaban J connectivity index is 1.79. The van der Waals surface area contributed by atoms with Crippen molar-refractivity contribution >= 4 is 16.2 Å². The molecule has 0 fully saturated rings. The van der Waals surface area contributed by atoms with E-state index >= 15 is 0 Å². The van der Waals surface area contributed by atoms with Gasteiger partial charge in [0, 0.05) is 11.1 Å². The molecule has 0 atom stereocenters. The first-order valence-electron chi connectivity index (χ1n) is 6.95. The minimum absolute atomic E-state index is 0.119. The molecule has 3 rings (SSSR count). The van der Waals surface area contributed by atoms with Crippen LogP contribution >= 0.6 is 0 Å².